The van der Waals surface area contributed by atoms with Crippen LogP contribution >= 0.6 is 11.8 Å². The molecule has 0 aliphatic heterocycles. The number of anilines is 1. The van der Waals surface area contributed by atoms with Crippen LogP contribution in [0.15, 0.2) is 78.2 Å². The van der Waals surface area contributed by atoms with E-state index in [2.05, 4.69) is 20.6 Å². The van der Waals surface area contributed by atoms with Crippen LogP contribution in [0.2, 0.25) is 0 Å². The van der Waals surface area contributed by atoms with E-state index in [1.807, 2.05) is 53.2 Å². The zero-order valence-corrected chi connectivity index (χ0v) is 19.0. The molecule has 1 N–H and O–H groups in total. The van der Waals surface area contributed by atoms with Crippen molar-refractivity contribution in [3.05, 3.63) is 78.6 Å². The maximum Gasteiger partial charge on any atom is 0.338 e. The largest absolute Gasteiger partial charge is 0.462 e. The van der Waals surface area contributed by atoms with E-state index in [0.29, 0.717) is 22.1 Å². The van der Waals surface area contributed by atoms with Crippen molar-refractivity contribution in [2.24, 2.45) is 0 Å². The summed E-state index contributed by atoms with van der Waals surface area (Å²) in [4.78, 5) is 24.4. The fourth-order valence-electron chi connectivity index (χ4n) is 3.50. The van der Waals surface area contributed by atoms with Gasteiger partial charge in [-0.05, 0) is 31.2 Å². The first-order valence-electron chi connectivity index (χ1n) is 10.6. The van der Waals surface area contributed by atoms with Gasteiger partial charge in [0.15, 0.2) is 10.8 Å². The normalized spacial score (nSPS) is 11.1. The summed E-state index contributed by atoms with van der Waals surface area (Å²) in [6.45, 7) is 2.03. The third kappa shape index (κ3) is 4.35. The average molecular weight is 473 g/mol. The molecule has 3 aromatic heterocycles. The van der Waals surface area contributed by atoms with Crippen LogP contribution in [-0.2, 0) is 9.53 Å². The number of hydrogen-bond donors (Lipinski definition) is 1. The zero-order chi connectivity index (χ0) is 23.5. The molecule has 170 valence electrons. The Hall–Kier alpha value is -4.18. The highest BCUT2D eigenvalue weighted by Gasteiger charge is 2.15. The van der Waals surface area contributed by atoms with Crippen molar-refractivity contribution >= 4 is 40.5 Å². The molecule has 0 bridgehead atoms. The molecule has 0 saturated carbocycles. The van der Waals surface area contributed by atoms with Gasteiger partial charge in [0.05, 0.1) is 23.6 Å². The summed E-state index contributed by atoms with van der Waals surface area (Å²) < 4.78 is 8.61. The minimum absolute atomic E-state index is 0.129. The minimum atomic E-state index is -0.426. The predicted molar refractivity (Wildman–Crippen MR) is 129 cm³/mol. The molecule has 10 heteroatoms. The van der Waals surface area contributed by atoms with Gasteiger partial charge in [-0.15, -0.1) is 10.2 Å². The van der Waals surface area contributed by atoms with Crippen molar-refractivity contribution in [3.8, 4) is 11.3 Å². The smallest absolute Gasteiger partial charge is 0.338 e. The van der Waals surface area contributed by atoms with E-state index in [-0.39, 0.29) is 18.3 Å². The molecule has 2 aromatic carbocycles. The monoisotopic (exact) mass is 472 g/mol. The van der Waals surface area contributed by atoms with Crippen molar-refractivity contribution in [1.29, 1.82) is 0 Å². The first kappa shape index (κ1) is 21.7. The lowest BCUT2D eigenvalue weighted by Gasteiger charge is -2.07. The van der Waals surface area contributed by atoms with Gasteiger partial charge in [-0.2, -0.15) is 5.10 Å². The Labute approximate surface area is 198 Å². The van der Waals surface area contributed by atoms with Crippen LogP contribution in [0, 0.1) is 0 Å². The average Bonchev–Trinajstić information content (AvgIpc) is 3.48. The Morgan fingerprint density at radius 1 is 1.03 bits per heavy atom. The number of ether oxygens (including phenoxy) is 1. The number of thioether (sulfide) groups is 1. The number of carbonyl (C=O) groups excluding carboxylic acids is 2. The van der Waals surface area contributed by atoms with E-state index < -0.39 is 5.97 Å². The number of esters is 1. The molecule has 5 aromatic rings. The zero-order valence-electron chi connectivity index (χ0n) is 18.2. The first-order chi connectivity index (χ1) is 16.6. The summed E-state index contributed by atoms with van der Waals surface area (Å²) in [5, 5.41) is 16.6. The number of hydrogen-bond acceptors (Lipinski definition) is 7. The van der Waals surface area contributed by atoms with Crippen molar-refractivity contribution in [3.63, 3.8) is 0 Å². The highest BCUT2D eigenvalue weighted by Crippen LogP contribution is 2.24. The van der Waals surface area contributed by atoms with E-state index >= 15 is 0 Å². The summed E-state index contributed by atoms with van der Waals surface area (Å²) in [5.41, 5.74) is 4.24. The topological polar surface area (TPSA) is 103 Å². The van der Waals surface area contributed by atoms with Gasteiger partial charge < -0.3 is 10.1 Å². The summed E-state index contributed by atoms with van der Waals surface area (Å²) >= 11 is 1.27. The summed E-state index contributed by atoms with van der Waals surface area (Å²) in [6.07, 6.45) is 3.66. The van der Waals surface area contributed by atoms with Gasteiger partial charge >= 0.3 is 5.97 Å². The molecule has 0 spiro atoms. The second-order valence-corrected chi connectivity index (χ2v) is 8.28. The molecule has 34 heavy (non-hydrogen) atoms. The Morgan fingerprint density at radius 2 is 1.88 bits per heavy atom. The van der Waals surface area contributed by atoms with Crippen LogP contribution in [0.5, 0.6) is 0 Å². The summed E-state index contributed by atoms with van der Waals surface area (Å²) in [7, 11) is 0. The van der Waals surface area contributed by atoms with Gasteiger partial charge in [-0.3, -0.25) is 9.20 Å². The van der Waals surface area contributed by atoms with E-state index in [9.17, 15) is 9.59 Å². The Kier molecular flexibility index (Phi) is 5.96. The summed E-state index contributed by atoms with van der Waals surface area (Å²) in [6, 6.07) is 18.5. The van der Waals surface area contributed by atoms with Crippen LogP contribution in [0.3, 0.4) is 0 Å². The molecule has 0 saturated heterocycles. The van der Waals surface area contributed by atoms with Gasteiger partial charge in [0, 0.05) is 23.6 Å². The molecule has 5 rings (SSSR count). The lowest BCUT2D eigenvalue weighted by Crippen LogP contribution is -2.15. The second-order valence-electron chi connectivity index (χ2n) is 7.34. The minimum Gasteiger partial charge on any atom is -0.462 e. The number of rotatable bonds is 7. The molecule has 0 unspecified atom stereocenters. The molecular formula is C24H20N6O3S. The number of aromatic nitrogens is 5. The number of fused-ring (bicyclic) bond motifs is 3. The van der Waals surface area contributed by atoms with Crippen LogP contribution in [0.1, 0.15) is 17.3 Å². The fraction of sp³-hybridized carbons (Fsp3) is 0.125. The number of nitrogens with zero attached hydrogens (tertiary/aromatic N) is 5. The standard InChI is InChI=1S/C24H20N6O3S/c1-2-33-23(32)17-9-6-10-18(13-17)25-21(31)15-34-24-27-26-22-20-14-19(16-7-4-3-5-8-16)28-30(20)12-11-29(22)24/h3-14H,2,15H2,1H3,(H,25,31). The van der Waals surface area contributed by atoms with Gasteiger partial charge in [-0.25, -0.2) is 9.31 Å². The third-order valence-corrected chi connectivity index (χ3v) is 5.99. The molecule has 9 nitrogen and oxygen atoms in total. The molecule has 0 aliphatic rings. The lowest BCUT2D eigenvalue weighted by molar-refractivity contribution is -0.113. The van der Waals surface area contributed by atoms with E-state index in [1.165, 1.54) is 11.8 Å². The van der Waals surface area contributed by atoms with Crippen molar-refractivity contribution < 1.29 is 14.3 Å². The fourth-order valence-corrected chi connectivity index (χ4v) is 4.22. The molecule has 0 radical (unpaired) electrons. The highest BCUT2D eigenvalue weighted by molar-refractivity contribution is 7.99. The quantitative estimate of drug-likeness (QED) is 0.283. The third-order valence-electron chi connectivity index (χ3n) is 5.05. The van der Waals surface area contributed by atoms with Crippen LogP contribution in [0.25, 0.3) is 22.4 Å². The van der Waals surface area contributed by atoms with E-state index in [1.54, 1.807) is 35.7 Å². The van der Waals surface area contributed by atoms with Crippen LogP contribution < -0.4 is 5.32 Å². The molecule has 0 fully saturated rings. The van der Waals surface area contributed by atoms with Crippen molar-refractivity contribution in [2.45, 2.75) is 12.1 Å². The van der Waals surface area contributed by atoms with Crippen LogP contribution in [0.4, 0.5) is 5.69 Å². The Bertz CT molecular complexity index is 1490. The van der Waals surface area contributed by atoms with Gasteiger partial charge in [0.25, 0.3) is 0 Å². The van der Waals surface area contributed by atoms with Crippen LogP contribution in [-0.4, -0.2) is 48.4 Å². The number of amides is 1. The molecular weight excluding hydrogens is 452 g/mol. The molecule has 0 atom stereocenters. The number of carbonyl (C=O) groups is 2. The lowest BCUT2D eigenvalue weighted by atomic mass is 10.1. The first-order valence-corrected chi connectivity index (χ1v) is 11.6. The maximum atomic E-state index is 12.5. The number of benzene rings is 2. The summed E-state index contributed by atoms with van der Waals surface area (Å²) in [5.74, 6) is -0.520. The van der Waals surface area contributed by atoms with E-state index in [4.69, 9.17) is 4.74 Å². The second kappa shape index (κ2) is 9.36. The van der Waals surface area contributed by atoms with Crippen molar-refractivity contribution in [2.75, 3.05) is 17.7 Å². The molecule has 3 heterocycles. The van der Waals surface area contributed by atoms with Gasteiger partial charge in [0.1, 0.15) is 5.52 Å². The van der Waals surface area contributed by atoms with Gasteiger partial charge in [-0.1, -0.05) is 48.2 Å². The van der Waals surface area contributed by atoms with E-state index in [0.717, 1.165) is 16.8 Å². The van der Waals surface area contributed by atoms with Crippen molar-refractivity contribution in [1.82, 2.24) is 24.2 Å². The van der Waals surface area contributed by atoms with Gasteiger partial charge in [0.2, 0.25) is 5.91 Å². The molecule has 1 amide bonds. The maximum absolute atomic E-state index is 12.5. The Morgan fingerprint density at radius 3 is 2.71 bits per heavy atom. The highest BCUT2D eigenvalue weighted by atomic mass is 32.2. The predicted octanol–water partition coefficient (Wildman–Crippen LogP) is 3.95. The number of nitrogens with one attached hydrogen (secondary N) is 1. The SMILES string of the molecule is CCOC(=O)c1cccc(NC(=O)CSc2nnc3c4cc(-c5ccccc5)nn4ccn23)c1. The Balaban J connectivity index is 1.30. The molecule has 0 aliphatic carbocycles.